The fraction of sp³-hybridized carbons (Fsp3) is 0.571. The molecule has 1 aliphatic carbocycles. The van der Waals surface area contributed by atoms with Gasteiger partial charge in [0.05, 0.1) is 4.90 Å². The highest BCUT2D eigenvalue weighted by Gasteiger charge is 2.37. The number of nitrogens with one attached hydrogen (secondary N) is 1. The zero-order chi connectivity index (χ0) is 14.8. The Labute approximate surface area is 129 Å². The standard InChI is InChI=1S/C14H21BrN2O2S/c1-17(2)14(9-5-6-10-14)11-16-20(18,19)13-8-4-3-7-12(13)15/h3-4,7-8,16H,5-6,9-11H2,1-2H3. The summed E-state index contributed by atoms with van der Waals surface area (Å²) < 4.78 is 28.2. The summed E-state index contributed by atoms with van der Waals surface area (Å²) in [7, 11) is 0.578. The number of nitrogens with zero attached hydrogens (tertiary/aromatic N) is 1. The molecule has 0 aromatic heterocycles. The summed E-state index contributed by atoms with van der Waals surface area (Å²) in [5.74, 6) is 0. The van der Waals surface area contributed by atoms with Gasteiger partial charge in [0.2, 0.25) is 10.0 Å². The lowest BCUT2D eigenvalue weighted by Crippen LogP contribution is -2.50. The molecule has 2 rings (SSSR count). The molecule has 20 heavy (non-hydrogen) atoms. The second-order valence-corrected chi connectivity index (χ2v) is 8.17. The number of benzene rings is 1. The van der Waals surface area contributed by atoms with Crippen molar-refractivity contribution >= 4 is 26.0 Å². The van der Waals surface area contributed by atoms with E-state index in [-0.39, 0.29) is 5.54 Å². The van der Waals surface area contributed by atoms with Crippen molar-refractivity contribution in [1.29, 1.82) is 0 Å². The fourth-order valence-electron chi connectivity index (χ4n) is 2.78. The molecule has 1 saturated carbocycles. The average molecular weight is 361 g/mol. The van der Waals surface area contributed by atoms with Gasteiger partial charge in [0, 0.05) is 16.6 Å². The van der Waals surface area contributed by atoms with Gasteiger partial charge in [-0.3, -0.25) is 0 Å². The van der Waals surface area contributed by atoms with Crippen LogP contribution in [-0.2, 0) is 10.0 Å². The van der Waals surface area contributed by atoms with Crippen LogP contribution in [0.4, 0.5) is 0 Å². The van der Waals surface area contributed by atoms with Gasteiger partial charge in [0.15, 0.2) is 0 Å². The maximum absolute atomic E-state index is 12.4. The summed E-state index contributed by atoms with van der Waals surface area (Å²) in [6.45, 7) is 0.462. The number of hydrogen-bond acceptors (Lipinski definition) is 3. The predicted octanol–water partition coefficient (Wildman–Crippen LogP) is 2.60. The normalized spacial score (nSPS) is 18.6. The van der Waals surface area contributed by atoms with Crippen LogP contribution >= 0.6 is 15.9 Å². The fourth-order valence-corrected chi connectivity index (χ4v) is 4.91. The quantitative estimate of drug-likeness (QED) is 0.877. The van der Waals surface area contributed by atoms with E-state index in [0.29, 0.717) is 15.9 Å². The number of likely N-dealkylation sites (N-methyl/N-ethyl adjacent to an activating group) is 1. The summed E-state index contributed by atoms with van der Waals surface area (Å²) in [4.78, 5) is 2.45. The van der Waals surface area contributed by atoms with Crippen molar-refractivity contribution in [2.24, 2.45) is 0 Å². The third-order valence-electron chi connectivity index (χ3n) is 4.20. The summed E-state index contributed by atoms with van der Waals surface area (Å²) in [5, 5.41) is 0. The van der Waals surface area contributed by atoms with Crippen LogP contribution in [0, 0.1) is 0 Å². The van der Waals surface area contributed by atoms with Crippen molar-refractivity contribution in [3.63, 3.8) is 0 Å². The Morgan fingerprint density at radius 3 is 2.40 bits per heavy atom. The zero-order valence-corrected chi connectivity index (χ0v) is 14.3. The van der Waals surface area contributed by atoms with Crippen molar-refractivity contribution in [2.75, 3.05) is 20.6 Å². The first-order valence-electron chi connectivity index (χ1n) is 6.79. The molecular weight excluding hydrogens is 340 g/mol. The van der Waals surface area contributed by atoms with E-state index < -0.39 is 10.0 Å². The molecule has 0 saturated heterocycles. The topological polar surface area (TPSA) is 49.4 Å². The smallest absolute Gasteiger partial charge is 0.241 e. The van der Waals surface area contributed by atoms with Crippen molar-refractivity contribution in [1.82, 2.24) is 9.62 Å². The Kier molecular flexibility index (Phi) is 4.89. The highest BCUT2D eigenvalue weighted by Crippen LogP contribution is 2.33. The molecule has 1 fully saturated rings. The second-order valence-electron chi connectivity index (χ2n) is 5.58. The molecule has 112 valence electrons. The third kappa shape index (κ3) is 3.24. The van der Waals surface area contributed by atoms with Crippen LogP contribution < -0.4 is 4.72 Å². The number of sulfonamides is 1. The van der Waals surface area contributed by atoms with Crippen molar-refractivity contribution in [2.45, 2.75) is 36.1 Å². The van der Waals surface area contributed by atoms with Gasteiger partial charge >= 0.3 is 0 Å². The minimum atomic E-state index is -3.47. The van der Waals surface area contributed by atoms with Crippen molar-refractivity contribution < 1.29 is 8.42 Å². The van der Waals surface area contributed by atoms with E-state index in [4.69, 9.17) is 0 Å². The summed E-state index contributed by atoms with van der Waals surface area (Å²) in [6, 6.07) is 6.90. The first-order valence-corrected chi connectivity index (χ1v) is 9.07. The Hall–Kier alpha value is -0.430. The molecule has 0 unspecified atom stereocenters. The van der Waals surface area contributed by atoms with Gasteiger partial charge in [-0.05, 0) is 55.0 Å². The molecular formula is C14H21BrN2O2S. The average Bonchev–Trinajstić information content (AvgIpc) is 2.87. The van der Waals surface area contributed by atoms with E-state index in [1.54, 1.807) is 24.3 Å². The molecule has 1 aromatic rings. The third-order valence-corrected chi connectivity index (χ3v) is 6.61. The van der Waals surface area contributed by atoms with E-state index >= 15 is 0 Å². The van der Waals surface area contributed by atoms with Gasteiger partial charge in [-0.15, -0.1) is 0 Å². The van der Waals surface area contributed by atoms with E-state index in [1.165, 1.54) is 0 Å². The number of rotatable bonds is 5. The molecule has 0 radical (unpaired) electrons. The molecule has 6 heteroatoms. The van der Waals surface area contributed by atoms with Crippen LogP contribution in [0.5, 0.6) is 0 Å². The molecule has 1 N–H and O–H groups in total. The first kappa shape index (κ1) is 15.9. The number of hydrogen-bond donors (Lipinski definition) is 1. The summed E-state index contributed by atoms with van der Waals surface area (Å²) in [6.07, 6.45) is 4.40. The minimum absolute atomic E-state index is 0.0473. The molecule has 1 aromatic carbocycles. The van der Waals surface area contributed by atoms with Gasteiger partial charge in [-0.2, -0.15) is 0 Å². The Bertz CT molecular complexity index is 566. The summed E-state index contributed by atoms with van der Waals surface area (Å²) in [5.41, 5.74) is -0.0473. The van der Waals surface area contributed by atoms with Crippen molar-refractivity contribution in [3.05, 3.63) is 28.7 Å². The molecule has 0 aliphatic heterocycles. The highest BCUT2D eigenvalue weighted by atomic mass is 79.9. The van der Waals surface area contributed by atoms with Gasteiger partial charge in [0.1, 0.15) is 0 Å². The predicted molar refractivity (Wildman–Crippen MR) is 84.2 cm³/mol. The maximum atomic E-state index is 12.4. The molecule has 0 amide bonds. The zero-order valence-electron chi connectivity index (χ0n) is 11.9. The Morgan fingerprint density at radius 2 is 1.85 bits per heavy atom. The molecule has 1 aliphatic rings. The van der Waals surface area contributed by atoms with Crippen LogP contribution in [0.3, 0.4) is 0 Å². The number of halogens is 1. The molecule has 0 heterocycles. The second kappa shape index (κ2) is 6.13. The lowest BCUT2D eigenvalue weighted by atomic mass is 9.97. The van der Waals surface area contributed by atoms with Crippen LogP contribution in [0.15, 0.2) is 33.6 Å². The lowest BCUT2D eigenvalue weighted by molar-refractivity contribution is 0.162. The van der Waals surface area contributed by atoms with Gasteiger partial charge < -0.3 is 4.90 Å². The Balaban J connectivity index is 2.15. The van der Waals surface area contributed by atoms with Crippen LogP contribution in [0.25, 0.3) is 0 Å². The van der Waals surface area contributed by atoms with E-state index in [2.05, 4.69) is 25.6 Å². The van der Waals surface area contributed by atoms with E-state index in [0.717, 1.165) is 25.7 Å². The molecule has 0 atom stereocenters. The Morgan fingerprint density at radius 1 is 1.25 bits per heavy atom. The maximum Gasteiger partial charge on any atom is 0.241 e. The first-order chi connectivity index (χ1) is 9.37. The molecule has 0 bridgehead atoms. The summed E-state index contributed by atoms with van der Waals surface area (Å²) >= 11 is 3.30. The van der Waals surface area contributed by atoms with Crippen LogP contribution in [0.1, 0.15) is 25.7 Å². The van der Waals surface area contributed by atoms with Crippen LogP contribution in [-0.4, -0.2) is 39.5 Å². The van der Waals surface area contributed by atoms with Crippen LogP contribution in [0.2, 0.25) is 0 Å². The monoisotopic (exact) mass is 360 g/mol. The molecule has 4 nitrogen and oxygen atoms in total. The van der Waals surface area contributed by atoms with E-state index in [9.17, 15) is 8.42 Å². The van der Waals surface area contributed by atoms with Gasteiger partial charge in [0.25, 0.3) is 0 Å². The SMILES string of the molecule is CN(C)C1(CNS(=O)(=O)c2ccccc2Br)CCCC1. The highest BCUT2D eigenvalue weighted by molar-refractivity contribution is 9.10. The lowest BCUT2D eigenvalue weighted by Gasteiger charge is -2.36. The van der Waals surface area contributed by atoms with Gasteiger partial charge in [-0.25, -0.2) is 13.1 Å². The van der Waals surface area contributed by atoms with Gasteiger partial charge in [-0.1, -0.05) is 25.0 Å². The van der Waals surface area contributed by atoms with Crippen molar-refractivity contribution in [3.8, 4) is 0 Å². The largest absolute Gasteiger partial charge is 0.302 e. The molecule has 0 spiro atoms. The van der Waals surface area contributed by atoms with E-state index in [1.807, 2.05) is 14.1 Å². The minimum Gasteiger partial charge on any atom is -0.302 e.